The van der Waals surface area contributed by atoms with Gasteiger partial charge in [-0.1, -0.05) is 36.4 Å². The van der Waals surface area contributed by atoms with Crippen LogP contribution in [0.15, 0.2) is 71.8 Å². The van der Waals surface area contributed by atoms with E-state index < -0.39 is 0 Å². The molecule has 29 heavy (non-hydrogen) atoms. The minimum Gasteiger partial charge on any atom is -0.383 e. The molecule has 0 unspecified atom stereocenters. The summed E-state index contributed by atoms with van der Waals surface area (Å²) in [4.78, 5) is 25.6. The monoisotopic (exact) mass is 389 g/mol. The fourth-order valence-electron chi connectivity index (χ4n) is 3.60. The molecule has 0 bridgehead atoms. The van der Waals surface area contributed by atoms with Gasteiger partial charge in [0.05, 0.1) is 12.2 Å². The Morgan fingerprint density at radius 1 is 0.966 bits per heavy atom. The van der Waals surface area contributed by atoms with Gasteiger partial charge >= 0.3 is 0 Å². The number of para-hydroxylation sites is 1. The summed E-state index contributed by atoms with van der Waals surface area (Å²) >= 11 is 0. The number of methoxy groups -OCH3 is 1. The molecule has 0 aliphatic rings. The molecule has 0 radical (unpaired) electrons. The van der Waals surface area contributed by atoms with Crippen molar-refractivity contribution < 1.29 is 9.53 Å². The SMILES string of the molecule is COCCn1cc(C(=O)NCCn2ccc3ccccc32)c2ccccc2c1=O. The van der Waals surface area contributed by atoms with Crippen LogP contribution in [0.5, 0.6) is 0 Å². The van der Waals surface area contributed by atoms with E-state index in [1.165, 1.54) is 5.39 Å². The highest BCUT2D eigenvalue weighted by molar-refractivity contribution is 6.06. The third-order valence-electron chi connectivity index (χ3n) is 5.09. The van der Waals surface area contributed by atoms with Crippen molar-refractivity contribution in [1.82, 2.24) is 14.5 Å². The standard InChI is InChI=1S/C23H23N3O3/c1-29-15-14-26-16-20(18-7-3-4-8-19(18)23(26)28)22(27)24-11-13-25-12-10-17-6-2-5-9-21(17)25/h2-10,12,16H,11,13-15H2,1H3,(H,24,27). The van der Waals surface area contributed by atoms with Crippen molar-refractivity contribution in [2.75, 3.05) is 20.3 Å². The number of amides is 1. The lowest BCUT2D eigenvalue weighted by Crippen LogP contribution is -2.30. The summed E-state index contributed by atoms with van der Waals surface area (Å²) in [6.45, 7) is 1.96. The summed E-state index contributed by atoms with van der Waals surface area (Å²) in [7, 11) is 1.59. The first-order valence-corrected chi connectivity index (χ1v) is 9.62. The predicted molar refractivity (Wildman–Crippen MR) is 114 cm³/mol. The van der Waals surface area contributed by atoms with Crippen molar-refractivity contribution in [1.29, 1.82) is 0 Å². The molecule has 0 saturated heterocycles. The zero-order valence-corrected chi connectivity index (χ0v) is 16.3. The van der Waals surface area contributed by atoms with E-state index in [-0.39, 0.29) is 11.5 Å². The first-order chi connectivity index (χ1) is 14.2. The van der Waals surface area contributed by atoms with E-state index in [1.54, 1.807) is 23.9 Å². The van der Waals surface area contributed by atoms with Gasteiger partial charge in [0.2, 0.25) is 0 Å². The normalized spacial score (nSPS) is 11.2. The summed E-state index contributed by atoms with van der Waals surface area (Å²) in [5.41, 5.74) is 1.52. The summed E-state index contributed by atoms with van der Waals surface area (Å²) in [6.07, 6.45) is 3.65. The van der Waals surface area contributed by atoms with E-state index in [0.29, 0.717) is 42.6 Å². The van der Waals surface area contributed by atoms with Crippen molar-refractivity contribution in [2.45, 2.75) is 13.1 Å². The lowest BCUT2D eigenvalue weighted by Gasteiger charge is -2.13. The van der Waals surface area contributed by atoms with Gasteiger partial charge in [-0.2, -0.15) is 0 Å². The van der Waals surface area contributed by atoms with Crippen LogP contribution in [0.25, 0.3) is 21.7 Å². The molecule has 6 heteroatoms. The van der Waals surface area contributed by atoms with Gasteiger partial charge in [-0.25, -0.2) is 0 Å². The average Bonchev–Trinajstić information content (AvgIpc) is 3.16. The molecular weight excluding hydrogens is 366 g/mol. The molecule has 0 spiro atoms. The molecule has 2 heterocycles. The zero-order valence-electron chi connectivity index (χ0n) is 16.3. The van der Waals surface area contributed by atoms with Crippen LogP contribution in [0.3, 0.4) is 0 Å². The first-order valence-electron chi connectivity index (χ1n) is 9.62. The van der Waals surface area contributed by atoms with Crippen LogP contribution < -0.4 is 10.9 Å². The van der Waals surface area contributed by atoms with E-state index in [0.717, 1.165) is 5.52 Å². The van der Waals surface area contributed by atoms with Crippen LogP contribution in [0.4, 0.5) is 0 Å². The first kappa shape index (κ1) is 19.0. The van der Waals surface area contributed by atoms with Crippen molar-refractivity contribution in [3.05, 3.63) is 82.9 Å². The highest BCUT2D eigenvalue weighted by Crippen LogP contribution is 2.16. The zero-order chi connectivity index (χ0) is 20.2. The Kier molecular flexibility index (Phi) is 5.44. The minimum absolute atomic E-state index is 0.118. The number of hydrogen-bond acceptors (Lipinski definition) is 3. The van der Waals surface area contributed by atoms with Crippen LogP contribution in [-0.4, -0.2) is 35.3 Å². The molecular formula is C23H23N3O3. The summed E-state index contributed by atoms with van der Waals surface area (Å²) in [6, 6.07) is 17.4. The minimum atomic E-state index is -0.191. The maximum atomic E-state index is 12.9. The maximum Gasteiger partial charge on any atom is 0.258 e. The third kappa shape index (κ3) is 3.79. The number of nitrogens with one attached hydrogen (secondary N) is 1. The Hall–Kier alpha value is -3.38. The lowest BCUT2D eigenvalue weighted by atomic mass is 10.1. The van der Waals surface area contributed by atoms with Gasteiger partial charge < -0.3 is 19.2 Å². The molecule has 0 aliphatic carbocycles. The molecule has 1 amide bonds. The predicted octanol–water partition coefficient (Wildman–Crippen LogP) is 3.03. The van der Waals surface area contributed by atoms with Crippen LogP contribution in [0.1, 0.15) is 10.4 Å². The number of ether oxygens (including phenoxy) is 1. The van der Waals surface area contributed by atoms with Crippen molar-refractivity contribution >= 4 is 27.6 Å². The lowest BCUT2D eigenvalue weighted by molar-refractivity contribution is 0.0953. The molecule has 0 saturated carbocycles. The third-order valence-corrected chi connectivity index (χ3v) is 5.09. The number of carbonyl (C=O) groups excluding carboxylic acids is 1. The van der Waals surface area contributed by atoms with Crippen molar-refractivity contribution in [2.24, 2.45) is 0 Å². The van der Waals surface area contributed by atoms with Gasteiger partial charge in [0.25, 0.3) is 11.5 Å². The molecule has 1 N–H and O–H groups in total. The van der Waals surface area contributed by atoms with Crippen LogP contribution in [0, 0.1) is 0 Å². The van der Waals surface area contributed by atoms with Gasteiger partial charge in [-0.05, 0) is 23.6 Å². The highest BCUT2D eigenvalue weighted by Gasteiger charge is 2.14. The Bertz CT molecular complexity index is 1220. The van der Waals surface area contributed by atoms with Gasteiger partial charge in [0.1, 0.15) is 0 Å². The van der Waals surface area contributed by atoms with Crippen molar-refractivity contribution in [3.63, 3.8) is 0 Å². The number of carbonyl (C=O) groups is 1. The molecule has 148 valence electrons. The van der Waals surface area contributed by atoms with Gasteiger partial charge in [-0.15, -0.1) is 0 Å². The second-order valence-corrected chi connectivity index (χ2v) is 6.90. The molecule has 6 nitrogen and oxygen atoms in total. The molecule has 2 aromatic heterocycles. The van der Waals surface area contributed by atoms with Crippen LogP contribution in [0.2, 0.25) is 0 Å². The Balaban J connectivity index is 1.56. The Labute approximate surface area is 168 Å². The van der Waals surface area contributed by atoms with E-state index in [4.69, 9.17) is 4.74 Å². The molecule has 0 atom stereocenters. The number of hydrogen-bond donors (Lipinski definition) is 1. The van der Waals surface area contributed by atoms with E-state index in [2.05, 4.69) is 28.1 Å². The smallest absolute Gasteiger partial charge is 0.258 e. The van der Waals surface area contributed by atoms with E-state index >= 15 is 0 Å². The van der Waals surface area contributed by atoms with E-state index in [9.17, 15) is 9.59 Å². The molecule has 0 aliphatic heterocycles. The molecule has 4 aromatic rings. The number of benzene rings is 2. The quantitative estimate of drug-likeness (QED) is 0.528. The number of pyridine rings is 1. The van der Waals surface area contributed by atoms with Crippen LogP contribution in [-0.2, 0) is 17.8 Å². The summed E-state index contributed by atoms with van der Waals surface area (Å²) in [5.74, 6) is -0.191. The highest BCUT2D eigenvalue weighted by atomic mass is 16.5. The summed E-state index contributed by atoms with van der Waals surface area (Å²) < 4.78 is 8.75. The van der Waals surface area contributed by atoms with Crippen LogP contribution >= 0.6 is 0 Å². The molecule has 0 fully saturated rings. The van der Waals surface area contributed by atoms with Crippen molar-refractivity contribution in [3.8, 4) is 0 Å². The second kappa shape index (κ2) is 8.32. The number of nitrogens with zero attached hydrogens (tertiary/aromatic N) is 2. The topological polar surface area (TPSA) is 65.3 Å². The Morgan fingerprint density at radius 3 is 2.55 bits per heavy atom. The molecule has 2 aromatic carbocycles. The van der Waals surface area contributed by atoms with Gasteiger partial charge in [-0.3, -0.25) is 9.59 Å². The second-order valence-electron chi connectivity index (χ2n) is 6.90. The largest absolute Gasteiger partial charge is 0.383 e. The number of rotatable bonds is 7. The van der Waals surface area contributed by atoms with Gasteiger partial charge in [0.15, 0.2) is 0 Å². The molecule has 4 rings (SSSR count). The van der Waals surface area contributed by atoms with E-state index in [1.807, 2.05) is 36.5 Å². The number of fused-ring (bicyclic) bond motifs is 2. The summed E-state index contributed by atoms with van der Waals surface area (Å²) in [5, 5.41) is 5.36. The van der Waals surface area contributed by atoms with Gasteiger partial charge in [0, 0.05) is 55.4 Å². The Morgan fingerprint density at radius 2 is 1.72 bits per heavy atom. The fraction of sp³-hybridized carbons (Fsp3) is 0.217. The fourth-order valence-corrected chi connectivity index (χ4v) is 3.60. The average molecular weight is 389 g/mol. The number of aromatic nitrogens is 2. The maximum absolute atomic E-state index is 12.9.